The summed E-state index contributed by atoms with van der Waals surface area (Å²) < 4.78 is 22.5. The normalized spacial score (nSPS) is 24.9. The van der Waals surface area contributed by atoms with Gasteiger partial charge in [-0.15, -0.1) is 0 Å². The van der Waals surface area contributed by atoms with E-state index in [-0.39, 0.29) is 22.8 Å². The highest BCUT2D eigenvalue weighted by Gasteiger charge is 2.38. The van der Waals surface area contributed by atoms with Gasteiger partial charge in [-0.3, -0.25) is 19.4 Å². The number of nitrogens with two attached hydrogens (primary N) is 1. The quantitative estimate of drug-likeness (QED) is 0.560. The van der Waals surface area contributed by atoms with Crippen molar-refractivity contribution >= 4 is 46.4 Å². The largest absolute Gasteiger partial charge is 0.477 e. The molecule has 2 unspecified atom stereocenters. The van der Waals surface area contributed by atoms with E-state index in [1.807, 2.05) is 17.0 Å². The molecule has 12 heteroatoms. The number of aromatic nitrogens is 1. The third-order valence-corrected chi connectivity index (χ3v) is 8.25. The molecule has 204 valence electrons. The summed E-state index contributed by atoms with van der Waals surface area (Å²) >= 11 is 6.88. The number of carboxylic acids is 1. The number of carbonyl (C=O) groups is 3. The summed E-state index contributed by atoms with van der Waals surface area (Å²) in [6, 6.07) is 4.68. The number of alkyl halides is 1. The molecule has 1 aromatic carbocycles. The molecule has 1 aromatic heterocycles. The third kappa shape index (κ3) is 4.39. The average molecular weight is 557 g/mol. The number of cyclic esters (lactones) is 1. The predicted octanol–water partition coefficient (Wildman–Crippen LogP) is 0.988. The summed E-state index contributed by atoms with van der Waals surface area (Å²) in [5, 5.41) is 10.1. The molecule has 4 aliphatic rings. The van der Waals surface area contributed by atoms with Gasteiger partial charge in [0.1, 0.15) is 11.7 Å². The Bertz CT molecular complexity index is 1600. The first-order valence-electron chi connectivity index (χ1n) is 12.8. The van der Waals surface area contributed by atoms with Gasteiger partial charge in [-0.1, -0.05) is 17.7 Å². The molecule has 0 radical (unpaired) electrons. The summed E-state index contributed by atoms with van der Waals surface area (Å²) in [6.45, 7) is 0.955. The number of ether oxygens (including phenoxy) is 1. The van der Waals surface area contributed by atoms with Crippen molar-refractivity contribution in [2.75, 3.05) is 18.0 Å². The number of carbonyl (C=O) groups excluding carboxylic acids is 2. The summed E-state index contributed by atoms with van der Waals surface area (Å²) in [5.41, 5.74) is 6.68. The Morgan fingerprint density at radius 3 is 2.62 bits per heavy atom. The van der Waals surface area contributed by atoms with E-state index >= 15 is 4.39 Å². The number of anilines is 1. The number of halogens is 2. The Morgan fingerprint density at radius 2 is 1.95 bits per heavy atom. The van der Waals surface area contributed by atoms with Gasteiger partial charge in [0.15, 0.2) is 6.10 Å². The molecule has 10 nitrogen and oxygen atoms in total. The molecule has 3 N–H and O–H groups in total. The first kappa shape index (κ1) is 25.6. The maximum Gasteiger partial charge on any atom is 0.415 e. The van der Waals surface area contributed by atoms with Crippen LogP contribution >= 0.6 is 11.6 Å². The Balaban J connectivity index is 1.35. The molecule has 2 aliphatic heterocycles. The number of hydrogen-bond acceptors (Lipinski definition) is 6. The zero-order valence-electron chi connectivity index (χ0n) is 20.8. The average Bonchev–Trinajstić information content (AvgIpc) is 3.68. The van der Waals surface area contributed by atoms with E-state index < -0.39 is 47.3 Å². The van der Waals surface area contributed by atoms with E-state index in [1.165, 1.54) is 17.2 Å². The zero-order valence-corrected chi connectivity index (χ0v) is 21.6. The minimum Gasteiger partial charge on any atom is -0.477 e. The highest BCUT2D eigenvalue weighted by molar-refractivity contribution is 6.46. The van der Waals surface area contributed by atoms with Gasteiger partial charge in [0.05, 0.1) is 23.0 Å². The van der Waals surface area contributed by atoms with E-state index in [1.54, 1.807) is 10.6 Å². The van der Waals surface area contributed by atoms with Crippen LogP contribution in [0.3, 0.4) is 0 Å². The van der Waals surface area contributed by atoms with E-state index in [4.69, 9.17) is 22.1 Å². The Labute approximate surface area is 226 Å². The van der Waals surface area contributed by atoms with Crippen LogP contribution in [-0.2, 0) is 22.5 Å². The van der Waals surface area contributed by atoms with Crippen molar-refractivity contribution in [3.63, 3.8) is 0 Å². The van der Waals surface area contributed by atoms with Gasteiger partial charge < -0.3 is 20.1 Å². The Hall–Kier alpha value is -3.70. The summed E-state index contributed by atoms with van der Waals surface area (Å²) in [6.07, 6.45) is 2.31. The summed E-state index contributed by atoms with van der Waals surface area (Å²) in [4.78, 5) is 51.7. The first-order valence-corrected chi connectivity index (χ1v) is 13.2. The number of pyridine rings is 1. The molecule has 6 rings (SSSR count). The van der Waals surface area contributed by atoms with Gasteiger partial charge >= 0.3 is 12.1 Å². The van der Waals surface area contributed by atoms with Crippen molar-refractivity contribution in [1.29, 1.82) is 0 Å². The van der Waals surface area contributed by atoms with Gasteiger partial charge in [0.2, 0.25) is 5.43 Å². The molecule has 39 heavy (non-hydrogen) atoms. The van der Waals surface area contributed by atoms with Crippen LogP contribution in [0.5, 0.6) is 0 Å². The highest BCUT2D eigenvalue weighted by atomic mass is 35.5. The fourth-order valence-corrected chi connectivity index (χ4v) is 6.20. The number of amides is 2. The first-order chi connectivity index (χ1) is 18.6. The predicted molar refractivity (Wildman–Crippen MR) is 140 cm³/mol. The fourth-order valence-electron chi connectivity index (χ4n) is 5.74. The number of rotatable bonds is 5. The van der Waals surface area contributed by atoms with Crippen LogP contribution in [0.4, 0.5) is 14.9 Å². The highest BCUT2D eigenvalue weighted by Crippen LogP contribution is 2.35. The van der Waals surface area contributed by atoms with E-state index in [0.717, 1.165) is 24.0 Å². The van der Waals surface area contributed by atoms with Crippen molar-refractivity contribution in [2.24, 2.45) is 5.73 Å². The zero-order chi connectivity index (χ0) is 27.6. The van der Waals surface area contributed by atoms with Gasteiger partial charge in [-0.2, -0.15) is 0 Å². The van der Waals surface area contributed by atoms with E-state index in [0.29, 0.717) is 37.0 Å². The Morgan fingerprint density at radius 1 is 1.18 bits per heavy atom. The number of aryl methyl sites for hydroxylation is 1. The molecule has 0 bridgehead atoms. The number of benzene rings is 1. The number of hydrogen-bond donors (Lipinski definition) is 2. The summed E-state index contributed by atoms with van der Waals surface area (Å²) in [5.74, 6) is -2.06. The number of nitrogens with zero attached hydrogens (tertiary/aromatic N) is 3. The van der Waals surface area contributed by atoms with Crippen LogP contribution in [-0.4, -0.2) is 64.0 Å². The van der Waals surface area contributed by atoms with E-state index in [9.17, 15) is 24.3 Å². The molecule has 2 aliphatic carbocycles. The smallest absolute Gasteiger partial charge is 0.415 e. The van der Waals surface area contributed by atoms with Gasteiger partial charge in [-0.05, 0) is 61.6 Å². The van der Waals surface area contributed by atoms with Crippen LogP contribution in [0, 0.1) is 0 Å². The lowest BCUT2D eigenvalue weighted by Crippen LogP contribution is -2.56. The molecule has 0 spiro atoms. The minimum absolute atomic E-state index is 0.00202. The molecule has 2 aromatic rings. The van der Waals surface area contributed by atoms with Gasteiger partial charge in [-0.25, -0.2) is 14.0 Å². The van der Waals surface area contributed by atoms with Crippen molar-refractivity contribution in [2.45, 2.75) is 56.6 Å². The molecule has 2 amide bonds. The van der Waals surface area contributed by atoms with Crippen LogP contribution < -0.4 is 26.6 Å². The van der Waals surface area contributed by atoms with Gasteiger partial charge in [0, 0.05) is 29.7 Å². The molecule has 3 atom stereocenters. The molecular weight excluding hydrogens is 531 g/mol. The SMILES string of the molecule is NC(=O)[C@H]1CN(c2ccc3c(c2)CCCN(C2C(Cl)=c4c(c(=O)c(C(=O)O)cn4C4CC4)=CC2F)C3)C(=O)O1. The number of aromatic carboxylic acids is 1. The lowest BCUT2D eigenvalue weighted by atomic mass is 10.00. The second kappa shape index (κ2) is 9.49. The molecular formula is C27H26ClFN4O6. The minimum atomic E-state index is -1.61. The van der Waals surface area contributed by atoms with E-state index in [2.05, 4.69) is 0 Å². The van der Waals surface area contributed by atoms with Crippen LogP contribution in [0.1, 0.15) is 46.8 Å². The number of primary amides is 1. The van der Waals surface area contributed by atoms with Crippen molar-refractivity contribution in [3.8, 4) is 0 Å². The molecule has 3 heterocycles. The van der Waals surface area contributed by atoms with Crippen molar-refractivity contribution in [1.82, 2.24) is 9.47 Å². The lowest BCUT2D eigenvalue weighted by Gasteiger charge is -2.34. The second-order valence-corrected chi connectivity index (χ2v) is 10.8. The van der Waals surface area contributed by atoms with Crippen LogP contribution in [0.25, 0.3) is 11.1 Å². The summed E-state index contributed by atoms with van der Waals surface area (Å²) in [7, 11) is 0. The van der Waals surface area contributed by atoms with Crippen LogP contribution in [0.2, 0.25) is 0 Å². The monoisotopic (exact) mass is 556 g/mol. The molecule has 1 saturated carbocycles. The third-order valence-electron chi connectivity index (χ3n) is 7.84. The topological polar surface area (TPSA) is 135 Å². The standard InChI is InChI=1S/C27H26ClFN4O6/c28-21-22-17(24(34)18(26(36)37)11-32(22)15-5-6-15)9-19(29)23(21)31-7-1-2-13-8-16(4-3-14(13)10-31)33-12-20(25(30)35)39-27(33)38/h3-4,8-9,11,15,19-20,23H,1-2,5-7,10,12H2,(H2,30,35)(H,36,37)/t19?,20-,23?/m1/s1. The van der Waals surface area contributed by atoms with Gasteiger partial charge in [0.25, 0.3) is 5.91 Å². The Kier molecular flexibility index (Phi) is 6.22. The van der Waals surface area contributed by atoms with Crippen molar-refractivity contribution < 1.29 is 28.6 Å². The van der Waals surface area contributed by atoms with Crippen molar-refractivity contribution in [3.05, 3.63) is 61.9 Å². The maximum absolute atomic E-state index is 15.8. The molecule has 1 saturated heterocycles. The maximum atomic E-state index is 15.8. The number of fused-ring (bicyclic) bond motifs is 2. The number of carboxylic acid groups (broad SMARTS) is 1. The van der Waals surface area contributed by atoms with Crippen LogP contribution in [0.15, 0.2) is 29.2 Å². The second-order valence-electron chi connectivity index (χ2n) is 10.4. The molecule has 2 fully saturated rings. The lowest BCUT2D eigenvalue weighted by molar-refractivity contribution is -0.124. The fraction of sp³-hybridized carbons (Fsp3) is 0.407.